The molecule has 0 aliphatic carbocycles. The van der Waals surface area contributed by atoms with Crippen LogP contribution in [0.2, 0.25) is 5.02 Å². The Kier molecular flexibility index (Phi) is 5.79. The predicted octanol–water partition coefficient (Wildman–Crippen LogP) is 3.91. The summed E-state index contributed by atoms with van der Waals surface area (Å²) in [6.07, 6.45) is 0.215. The van der Waals surface area contributed by atoms with Crippen molar-refractivity contribution in [3.63, 3.8) is 0 Å². The lowest BCUT2D eigenvalue weighted by Gasteiger charge is -2.11. The van der Waals surface area contributed by atoms with Crippen molar-refractivity contribution in [2.24, 2.45) is 0 Å². The topological polar surface area (TPSA) is 55.4 Å². The minimum absolute atomic E-state index is 0.215. The van der Waals surface area contributed by atoms with Crippen molar-refractivity contribution in [3.8, 4) is 0 Å². The summed E-state index contributed by atoms with van der Waals surface area (Å²) >= 11 is 8.11. The highest BCUT2D eigenvalue weighted by molar-refractivity contribution is 14.1. The third kappa shape index (κ3) is 4.20. The lowest BCUT2D eigenvalue weighted by Crippen LogP contribution is -2.17. The first-order chi connectivity index (χ1) is 10.5. The van der Waals surface area contributed by atoms with Gasteiger partial charge in [-0.05, 0) is 52.4 Å². The quantitative estimate of drug-likeness (QED) is 0.592. The van der Waals surface area contributed by atoms with Gasteiger partial charge in [0.1, 0.15) is 0 Å². The van der Waals surface area contributed by atoms with E-state index in [1.165, 1.54) is 19.2 Å². The summed E-state index contributed by atoms with van der Waals surface area (Å²) in [5.41, 5.74) is 1.53. The Morgan fingerprint density at radius 3 is 2.64 bits per heavy atom. The minimum Gasteiger partial charge on any atom is -0.465 e. The van der Waals surface area contributed by atoms with Gasteiger partial charge >= 0.3 is 5.97 Å². The number of rotatable bonds is 4. The van der Waals surface area contributed by atoms with Gasteiger partial charge in [-0.15, -0.1) is 0 Å². The van der Waals surface area contributed by atoms with Crippen molar-refractivity contribution in [1.29, 1.82) is 0 Å². The zero-order valence-electron chi connectivity index (χ0n) is 11.7. The number of ether oxygens (including phenoxy) is 1. The number of carbonyl (C=O) groups excluding carboxylic acids is 2. The van der Waals surface area contributed by atoms with Gasteiger partial charge in [0.05, 0.1) is 24.8 Å². The van der Waals surface area contributed by atoms with Crippen LogP contribution in [0.15, 0.2) is 42.5 Å². The van der Waals surface area contributed by atoms with Crippen LogP contribution in [-0.2, 0) is 16.0 Å². The fourth-order valence-electron chi connectivity index (χ4n) is 1.92. The average Bonchev–Trinajstić information content (AvgIpc) is 2.49. The van der Waals surface area contributed by atoms with Gasteiger partial charge < -0.3 is 10.1 Å². The summed E-state index contributed by atoms with van der Waals surface area (Å²) in [5.74, 6) is -0.752. The van der Waals surface area contributed by atoms with Gasteiger partial charge in [0, 0.05) is 8.59 Å². The van der Waals surface area contributed by atoms with Crippen LogP contribution < -0.4 is 5.32 Å². The van der Waals surface area contributed by atoms with E-state index < -0.39 is 5.97 Å². The van der Waals surface area contributed by atoms with Crippen molar-refractivity contribution in [2.45, 2.75) is 6.42 Å². The smallest absolute Gasteiger partial charge is 0.339 e. The zero-order chi connectivity index (χ0) is 16.1. The van der Waals surface area contributed by atoms with Crippen LogP contribution in [0.25, 0.3) is 0 Å². The molecule has 114 valence electrons. The Morgan fingerprint density at radius 1 is 1.23 bits per heavy atom. The Morgan fingerprint density at radius 2 is 1.95 bits per heavy atom. The molecule has 0 unspecified atom stereocenters. The average molecular weight is 430 g/mol. The van der Waals surface area contributed by atoms with Crippen LogP contribution in [-0.4, -0.2) is 19.0 Å². The van der Waals surface area contributed by atoms with Gasteiger partial charge in [0.2, 0.25) is 5.91 Å². The third-order valence-electron chi connectivity index (χ3n) is 2.97. The maximum absolute atomic E-state index is 12.2. The van der Waals surface area contributed by atoms with E-state index in [0.717, 1.165) is 9.13 Å². The number of esters is 1. The maximum atomic E-state index is 12.2. The van der Waals surface area contributed by atoms with Gasteiger partial charge in [-0.1, -0.05) is 29.8 Å². The van der Waals surface area contributed by atoms with Crippen LogP contribution in [0.1, 0.15) is 15.9 Å². The van der Waals surface area contributed by atoms with Crippen LogP contribution in [0, 0.1) is 3.57 Å². The fourth-order valence-corrected chi connectivity index (χ4v) is 2.67. The standard InChI is InChI=1S/C16H13ClINO3/c1-22-16(21)12-7-6-11(17)9-14(12)19-15(20)8-10-4-2-3-5-13(10)18/h2-7,9H,8H2,1H3,(H,19,20). The number of nitrogens with one attached hydrogen (secondary N) is 1. The molecule has 22 heavy (non-hydrogen) atoms. The first-order valence-corrected chi connectivity index (χ1v) is 7.88. The summed E-state index contributed by atoms with van der Waals surface area (Å²) in [7, 11) is 1.29. The van der Waals surface area contributed by atoms with E-state index in [4.69, 9.17) is 16.3 Å². The number of halogens is 2. The monoisotopic (exact) mass is 429 g/mol. The number of anilines is 1. The highest BCUT2D eigenvalue weighted by Crippen LogP contribution is 2.22. The molecule has 2 rings (SSSR count). The molecular weight excluding hydrogens is 417 g/mol. The van der Waals surface area contributed by atoms with E-state index in [9.17, 15) is 9.59 Å². The van der Waals surface area contributed by atoms with E-state index in [1.54, 1.807) is 6.07 Å². The molecule has 0 bridgehead atoms. The van der Waals surface area contributed by atoms with Crippen LogP contribution in [0.5, 0.6) is 0 Å². The molecule has 0 saturated carbocycles. The number of carbonyl (C=O) groups is 2. The van der Waals surface area contributed by atoms with Crippen molar-refractivity contribution < 1.29 is 14.3 Å². The van der Waals surface area contributed by atoms with E-state index in [1.807, 2.05) is 24.3 Å². The molecule has 0 spiro atoms. The number of amides is 1. The Labute approximate surface area is 146 Å². The molecule has 0 aromatic heterocycles. The van der Waals surface area contributed by atoms with Gasteiger partial charge in [-0.25, -0.2) is 4.79 Å². The molecule has 6 heteroatoms. The SMILES string of the molecule is COC(=O)c1ccc(Cl)cc1NC(=O)Cc1ccccc1I. The first-order valence-electron chi connectivity index (χ1n) is 6.42. The van der Waals surface area contributed by atoms with Crippen molar-refractivity contribution in [2.75, 3.05) is 12.4 Å². The van der Waals surface area contributed by atoms with Gasteiger partial charge in [-0.3, -0.25) is 4.79 Å². The summed E-state index contributed by atoms with van der Waals surface area (Å²) in [6, 6.07) is 12.2. The van der Waals surface area contributed by atoms with Crippen LogP contribution in [0.4, 0.5) is 5.69 Å². The molecular formula is C16H13ClINO3. The van der Waals surface area contributed by atoms with E-state index in [2.05, 4.69) is 27.9 Å². The lowest BCUT2D eigenvalue weighted by molar-refractivity contribution is -0.115. The fraction of sp³-hybridized carbons (Fsp3) is 0.125. The number of hydrogen-bond donors (Lipinski definition) is 1. The molecule has 0 aliphatic rings. The summed E-state index contributed by atoms with van der Waals surface area (Å²) in [4.78, 5) is 23.9. The maximum Gasteiger partial charge on any atom is 0.339 e. The van der Waals surface area contributed by atoms with Crippen molar-refractivity contribution in [1.82, 2.24) is 0 Å². The van der Waals surface area contributed by atoms with E-state index in [-0.39, 0.29) is 17.9 Å². The lowest BCUT2D eigenvalue weighted by atomic mass is 10.1. The van der Waals surface area contributed by atoms with Crippen molar-refractivity contribution >= 4 is 51.8 Å². The molecule has 0 radical (unpaired) electrons. The second-order valence-electron chi connectivity index (χ2n) is 4.50. The summed E-state index contributed by atoms with van der Waals surface area (Å²) in [5, 5.41) is 3.14. The highest BCUT2D eigenvalue weighted by Gasteiger charge is 2.15. The predicted molar refractivity (Wildman–Crippen MR) is 94.3 cm³/mol. The number of hydrogen-bond acceptors (Lipinski definition) is 3. The van der Waals surface area contributed by atoms with Crippen LogP contribution in [0.3, 0.4) is 0 Å². The summed E-state index contributed by atoms with van der Waals surface area (Å²) < 4.78 is 5.71. The zero-order valence-corrected chi connectivity index (χ0v) is 14.6. The number of benzene rings is 2. The molecule has 0 atom stereocenters. The molecule has 1 amide bonds. The summed E-state index contributed by atoms with van der Waals surface area (Å²) in [6.45, 7) is 0. The van der Waals surface area contributed by atoms with E-state index in [0.29, 0.717) is 10.7 Å². The number of methoxy groups -OCH3 is 1. The molecule has 2 aromatic carbocycles. The normalized spacial score (nSPS) is 10.1. The van der Waals surface area contributed by atoms with Gasteiger partial charge in [-0.2, -0.15) is 0 Å². The molecule has 0 fully saturated rings. The first kappa shape index (κ1) is 16.8. The third-order valence-corrected chi connectivity index (χ3v) is 4.26. The van der Waals surface area contributed by atoms with E-state index >= 15 is 0 Å². The molecule has 2 aromatic rings. The molecule has 0 saturated heterocycles. The van der Waals surface area contributed by atoms with Crippen molar-refractivity contribution in [3.05, 3.63) is 62.2 Å². The Bertz CT molecular complexity index is 718. The second-order valence-corrected chi connectivity index (χ2v) is 6.10. The van der Waals surface area contributed by atoms with Gasteiger partial charge in [0.15, 0.2) is 0 Å². The van der Waals surface area contributed by atoms with Gasteiger partial charge in [0.25, 0.3) is 0 Å². The Balaban J connectivity index is 2.19. The second kappa shape index (κ2) is 7.60. The molecule has 0 aliphatic heterocycles. The Hall–Kier alpha value is -1.60. The molecule has 4 nitrogen and oxygen atoms in total. The highest BCUT2D eigenvalue weighted by atomic mass is 127. The molecule has 0 heterocycles. The molecule has 1 N–H and O–H groups in total. The largest absolute Gasteiger partial charge is 0.465 e. The minimum atomic E-state index is -0.527. The van der Waals surface area contributed by atoms with Crippen LogP contribution >= 0.6 is 34.2 Å².